The van der Waals surface area contributed by atoms with Crippen molar-refractivity contribution in [3.8, 4) is 5.75 Å². The maximum absolute atomic E-state index is 12.4. The number of fused-ring (bicyclic) bond motifs is 1. The number of aromatic hydroxyl groups is 1. The molecule has 1 aromatic rings. The van der Waals surface area contributed by atoms with Crippen LogP contribution in [0, 0.1) is 0 Å². The molecule has 1 aromatic carbocycles. The van der Waals surface area contributed by atoms with E-state index in [0.29, 0.717) is 6.54 Å². The second-order valence-corrected chi connectivity index (χ2v) is 4.93. The Kier molecular flexibility index (Phi) is 3.99. The summed E-state index contributed by atoms with van der Waals surface area (Å²) in [6.07, 6.45) is 1.79. The summed E-state index contributed by atoms with van der Waals surface area (Å²) in [5.74, 6) is -1.35. The predicted octanol–water partition coefficient (Wildman–Crippen LogP) is 2.19. The summed E-state index contributed by atoms with van der Waals surface area (Å²) in [6, 6.07) is 2.67. The van der Waals surface area contributed by atoms with Crippen molar-refractivity contribution in [2.24, 2.45) is 0 Å². The van der Waals surface area contributed by atoms with Crippen molar-refractivity contribution in [3.05, 3.63) is 34.0 Å². The first-order valence-electron chi connectivity index (χ1n) is 6.33. The molecule has 1 aliphatic rings. The molecule has 0 heterocycles. The summed E-state index contributed by atoms with van der Waals surface area (Å²) in [6.45, 7) is 2.55. The van der Waals surface area contributed by atoms with Crippen molar-refractivity contribution in [2.45, 2.75) is 19.8 Å². The summed E-state index contributed by atoms with van der Waals surface area (Å²) in [7, 11) is 0. The van der Waals surface area contributed by atoms with Gasteiger partial charge in [-0.3, -0.25) is 9.59 Å². The maximum Gasteiger partial charge on any atom is 0.213 e. The Morgan fingerprint density at radius 1 is 1.25 bits per heavy atom. The number of halogens is 1. The highest BCUT2D eigenvalue weighted by Gasteiger charge is 2.35. The molecule has 0 saturated carbocycles. The van der Waals surface area contributed by atoms with Crippen LogP contribution in [0.25, 0.3) is 0 Å². The van der Waals surface area contributed by atoms with Gasteiger partial charge in [-0.2, -0.15) is 0 Å². The van der Waals surface area contributed by atoms with E-state index < -0.39 is 11.6 Å². The molecule has 4 N–H and O–H groups in total. The minimum Gasteiger partial charge on any atom is -0.507 e. The van der Waals surface area contributed by atoms with Gasteiger partial charge in [0, 0.05) is 12.2 Å². The third-order valence-electron chi connectivity index (χ3n) is 3.15. The number of nitrogen functional groups attached to an aromatic ring is 1. The molecule has 0 unspecified atom stereocenters. The smallest absolute Gasteiger partial charge is 0.213 e. The van der Waals surface area contributed by atoms with Gasteiger partial charge >= 0.3 is 0 Å². The van der Waals surface area contributed by atoms with Crippen LogP contribution in [-0.2, 0) is 0 Å². The first kappa shape index (κ1) is 14.4. The molecule has 0 radical (unpaired) electrons. The fourth-order valence-corrected chi connectivity index (χ4v) is 2.33. The van der Waals surface area contributed by atoms with E-state index in [2.05, 4.69) is 5.32 Å². The molecule has 0 aromatic heterocycles. The van der Waals surface area contributed by atoms with Gasteiger partial charge in [0.1, 0.15) is 16.5 Å². The number of benzene rings is 1. The number of anilines is 1. The van der Waals surface area contributed by atoms with Crippen molar-refractivity contribution in [1.82, 2.24) is 5.32 Å². The van der Waals surface area contributed by atoms with Crippen LogP contribution in [0.15, 0.2) is 22.9 Å². The predicted molar refractivity (Wildman–Crippen MR) is 77.0 cm³/mol. The number of carbonyl (C=O) groups excluding carboxylic acids is 2. The standard InChI is InChI=1S/C14H15ClN2O3/c1-2-3-6-17-12-11(15)13(19)10-8(18)5-4-7(16)9(10)14(12)20/h4-5,17-18H,2-3,6,16H2,1H3. The number of ketones is 2. The Labute approximate surface area is 121 Å². The largest absolute Gasteiger partial charge is 0.507 e. The molecule has 0 bridgehead atoms. The van der Waals surface area contributed by atoms with Gasteiger partial charge < -0.3 is 16.2 Å². The zero-order valence-corrected chi connectivity index (χ0v) is 11.8. The van der Waals surface area contributed by atoms with Gasteiger partial charge in [0.25, 0.3) is 0 Å². The van der Waals surface area contributed by atoms with Gasteiger partial charge in [-0.05, 0) is 18.6 Å². The van der Waals surface area contributed by atoms with Crippen molar-refractivity contribution in [1.29, 1.82) is 0 Å². The summed E-state index contributed by atoms with van der Waals surface area (Å²) in [4.78, 5) is 24.6. The van der Waals surface area contributed by atoms with Crippen molar-refractivity contribution in [2.75, 3.05) is 12.3 Å². The van der Waals surface area contributed by atoms with Crippen LogP contribution < -0.4 is 11.1 Å². The number of phenolic OH excluding ortho intramolecular Hbond substituents is 1. The number of Topliss-reactive ketones (excluding diaryl/α,β-unsaturated/α-hetero) is 2. The minimum atomic E-state index is -0.593. The highest BCUT2D eigenvalue weighted by molar-refractivity contribution is 6.50. The van der Waals surface area contributed by atoms with E-state index in [-0.39, 0.29) is 33.3 Å². The number of rotatable bonds is 4. The number of allylic oxidation sites excluding steroid dienone is 2. The van der Waals surface area contributed by atoms with E-state index in [0.717, 1.165) is 12.8 Å². The summed E-state index contributed by atoms with van der Waals surface area (Å²) in [5, 5.41) is 12.4. The van der Waals surface area contributed by atoms with Crippen molar-refractivity contribution in [3.63, 3.8) is 0 Å². The lowest BCUT2D eigenvalue weighted by Gasteiger charge is -2.20. The Morgan fingerprint density at radius 3 is 2.60 bits per heavy atom. The average Bonchev–Trinajstić information content (AvgIpc) is 2.42. The van der Waals surface area contributed by atoms with Crippen molar-refractivity contribution < 1.29 is 14.7 Å². The molecule has 0 aliphatic heterocycles. The molecule has 1 aliphatic carbocycles. The van der Waals surface area contributed by atoms with E-state index in [1.54, 1.807) is 0 Å². The normalized spacial score (nSPS) is 14.5. The quantitative estimate of drug-likeness (QED) is 0.450. The third-order valence-corrected chi connectivity index (χ3v) is 3.51. The maximum atomic E-state index is 12.4. The molecule has 0 fully saturated rings. The van der Waals surface area contributed by atoms with Crippen LogP contribution in [-0.4, -0.2) is 23.2 Å². The van der Waals surface area contributed by atoms with Crippen LogP contribution in [0.1, 0.15) is 40.5 Å². The second-order valence-electron chi connectivity index (χ2n) is 4.55. The molecule has 0 atom stereocenters. The lowest BCUT2D eigenvalue weighted by atomic mass is 9.90. The molecule has 0 saturated heterocycles. The highest BCUT2D eigenvalue weighted by atomic mass is 35.5. The zero-order chi connectivity index (χ0) is 14.9. The summed E-state index contributed by atoms with van der Waals surface area (Å²) >= 11 is 5.95. The molecule has 5 nitrogen and oxygen atoms in total. The van der Waals surface area contributed by atoms with Crippen LogP contribution in [0.3, 0.4) is 0 Å². The lowest BCUT2D eigenvalue weighted by Crippen LogP contribution is -2.30. The summed E-state index contributed by atoms with van der Waals surface area (Å²) in [5.41, 5.74) is 5.84. The molecule has 106 valence electrons. The topological polar surface area (TPSA) is 92.4 Å². The molecule has 6 heteroatoms. The monoisotopic (exact) mass is 294 g/mol. The van der Waals surface area contributed by atoms with E-state index >= 15 is 0 Å². The Balaban J connectivity index is 2.49. The van der Waals surface area contributed by atoms with Gasteiger partial charge in [0.15, 0.2) is 0 Å². The van der Waals surface area contributed by atoms with Crippen LogP contribution in [0.5, 0.6) is 5.75 Å². The Morgan fingerprint density at radius 2 is 1.95 bits per heavy atom. The number of nitrogens with two attached hydrogens (primary N) is 1. The van der Waals surface area contributed by atoms with Gasteiger partial charge in [0.05, 0.1) is 11.1 Å². The molecule has 0 spiro atoms. The van der Waals surface area contributed by atoms with Gasteiger partial charge in [-0.15, -0.1) is 0 Å². The summed E-state index contributed by atoms with van der Waals surface area (Å²) < 4.78 is 0. The first-order chi connectivity index (χ1) is 9.49. The number of hydrogen-bond acceptors (Lipinski definition) is 5. The van der Waals surface area contributed by atoms with Gasteiger partial charge in [-0.1, -0.05) is 24.9 Å². The Hall–Kier alpha value is -2.01. The zero-order valence-electron chi connectivity index (χ0n) is 11.0. The minimum absolute atomic E-state index is 0.0124. The fraction of sp³-hybridized carbons (Fsp3) is 0.286. The van der Waals surface area contributed by atoms with E-state index in [1.165, 1.54) is 12.1 Å². The number of carbonyl (C=O) groups is 2. The van der Waals surface area contributed by atoms with Crippen LogP contribution >= 0.6 is 11.6 Å². The van der Waals surface area contributed by atoms with E-state index in [1.807, 2.05) is 6.92 Å². The van der Waals surface area contributed by atoms with Crippen LogP contribution in [0.4, 0.5) is 5.69 Å². The van der Waals surface area contributed by atoms with Crippen LogP contribution in [0.2, 0.25) is 0 Å². The van der Waals surface area contributed by atoms with E-state index in [9.17, 15) is 14.7 Å². The molecular formula is C14H15ClN2O3. The SMILES string of the molecule is CCCCNC1=C(Cl)C(=O)c2c(O)ccc(N)c2C1=O. The van der Waals surface area contributed by atoms with Gasteiger partial charge in [-0.25, -0.2) is 0 Å². The molecule has 20 heavy (non-hydrogen) atoms. The number of phenols is 1. The van der Waals surface area contributed by atoms with E-state index in [4.69, 9.17) is 17.3 Å². The molecular weight excluding hydrogens is 280 g/mol. The number of hydrogen-bond donors (Lipinski definition) is 3. The Bertz CT molecular complexity index is 623. The number of nitrogens with one attached hydrogen (secondary N) is 1. The first-order valence-corrected chi connectivity index (χ1v) is 6.71. The third kappa shape index (κ3) is 2.25. The fourth-order valence-electron chi connectivity index (χ4n) is 2.08. The van der Waals surface area contributed by atoms with Crippen molar-refractivity contribution >= 4 is 28.9 Å². The number of unbranched alkanes of at least 4 members (excludes halogenated alkanes) is 1. The van der Waals surface area contributed by atoms with Gasteiger partial charge in [0.2, 0.25) is 11.6 Å². The molecule has 0 amide bonds. The second kappa shape index (κ2) is 5.54. The average molecular weight is 295 g/mol. The highest BCUT2D eigenvalue weighted by Crippen LogP contribution is 2.35. The molecule has 2 rings (SSSR count). The lowest BCUT2D eigenvalue weighted by molar-refractivity contribution is 0.0973.